The van der Waals surface area contributed by atoms with Gasteiger partial charge in [-0.3, -0.25) is 0 Å². The van der Waals surface area contributed by atoms with E-state index in [0.717, 1.165) is 0 Å². The van der Waals surface area contributed by atoms with Crippen LogP contribution in [-0.4, -0.2) is 42.8 Å². The van der Waals surface area contributed by atoms with Crippen LogP contribution in [0.3, 0.4) is 0 Å². The second-order valence-corrected chi connectivity index (χ2v) is 2.55. The van der Waals surface area contributed by atoms with E-state index in [1.54, 1.807) is 0 Å². The van der Waals surface area contributed by atoms with E-state index < -0.39 is 18.2 Å². The molecule has 62 valence electrons. The van der Waals surface area contributed by atoms with Gasteiger partial charge in [-0.2, -0.15) is 0 Å². The van der Waals surface area contributed by atoms with Gasteiger partial charge in [-0.15, -0.1) is 0 Å². The molecule has 3 atom stereocenters. The van der Waals surface area contributed by atoms with Crippen molar-refractivity contribution in [1.82, 2.24) is 0 Å². The third kappa shape index (κ3) is 1.01. The van der Waals surface area contributed by atoms with Crippen LogP contribution < -0.4 is 0 Å². The summed E-state index contributed by atoms with van der Waals surface area (Å²) in [5, 5.41) is 8.60. The lowest BCUT2D eigenvalue weighted by atomic mass is 10.1. The first-order valence-corrected chi connectivity index (χ1v) is 3.36. The topological polar surface area (TPSA) is 65.0 Å². The fourth-order valence-corrected chi connectivity index (χ4v) is 1.34. The van der Waals surface area contributed by atoms with Crippen LogP contribution in [0.2, 0.25) is 0 Å². The smallest absolute Gasteiger partial charge is 0.335 e. The summed E-state index contributed by atoms with van der Waals surface area (Å²) in [5.74, 6) is -0.983. The number of aliphatic carboxylic acids is 1. The highest BCUT2D eigenvalue weighted by Gasteiger charge is 2.46. The van der Waals surface area contributed by atoms with Crippen LogP contribution in [0.4, 0.5) is 0 Å². The standard InChI is InChI=1S/C6H8O5/c7-6(8)5-4-3(1-9-5)10-2-11-4/h3-5H,1-2H2,(H,7,8). The molecule has 0 aromatic carbocycles. The molecule has 11 heavy (non-hydrogen) atoms. The molecular formula is C6H8O5. The zero-order valence-electron chi connectivity index (χ0n) is 5.73. The normalized spacial score (nSPS) is 42.4. The van der Waals surface area contributed by atoms with Gasteiger partial charge in [0, 0.05) is 0 Å². The zero-order chi connectivity index (χ0) is 7.84. The largest absolute Gasteiger partial charge is 0.479 e. The fourth-order valence-electron chi connectivity index (χ4n) is 1.34. The predicted molar refractivity (Wildman–Crippen MR) is 32.0 cm³/mol. The summed E-state index contributed by atoms with van der Waals surface area (Å²) in [4.78, 5) is 10.5. The van der Waals surface area contributed by atoms with Gasteiger partial charge in [0.05, 0.1) is 6.61 Å². The summed E-state index contributed by atoms with van der Waals surface area (Å²) < 4.78 is 15.0. The van der Waals surface area contributed by atoms with Gasteiger partial charge in [0.2, 0.25) is 0 Å². The molecule has 3 unspecified atom stereocenters. The SMILES string of the molecule is O=C(O)C1OCC2OCOC21. The number of ether oxygens (including phenoxy) is 3. The van der Waals surface area contributed by atoms with Gasteiger partial charge in [-0.25, -0.2) is 4.79 Å². The van der Waals surface area contributed by atoms with Crippen molar-refractivity contribution in [3.05, 3.63) is 0 Å². The number of carboxylic acids is 1. The van der Waals surface area contributed by atoms with Crippen molar-refractivity contribution in [3.63, 3.8) is 0 Å². The van der Waals surface area contributed by atoms with Crippen molar-refractivity contribution >= 4 is 5.97 Å². The summed E-state index contributed by atoms with van der Waals surface area (Å²) in [7, 11) is 0. The molecule has 2 rings (SSSR count). The highest BCUT2D eigenvalue weighted by atomic mass is 16.7. The minimum atomic E-state index is -0.983. The molecule has 2 fully saturated rings. The summed E-state index contributed by atoms with van der Waals surface area (Å²) in [6.07, 6.45) is -1.44. The lowest BCUT2D eigenvalue weighted by Gasteiger charge is -2.09. The van der Waals surface area contributed by atoms with Crippen molar-refractivity contribution in [3.8, 4) is 0 Å². The van der Waals surface area contributed by atoms with Gasteiger partial charge in [-0.1, -0.05) is 0 Å². The lowest BCUT2D eigenvalue weighted by molar-refractivity contribution is -0.153. The number of fused-ring (bicyclic) bond motifs is 1. The Labute approximate surface area is 62.8 Å². The van der Waals surface area contributed by atoms with Crippen molar-refractivity contribution in [2.45, 2.75) is 18.3 Å². The molecule has 2 aliphatic rings. The monoisotopic (exact) mass is 160 g/mol. The molecule has 0 aromatic heterocycles. The first-order valence-electron chi connectivity index (χ1n) is 3.36. The molecule has 0 amide bonds. The Morgan fingerprint density at radius 3 is 2.91 bits per heavy atom. The molecule has 1 N–H and O–H groups in total. The van der Waals surface area contributed by atoms with E-state index in [4.69, 9.17) is 19.3 Å². The Morgan fingerprint density at radius 2 is 2.18 bits per heavy atom. The molecule has 0 aliphatic carbocycles. The van der Waals surface area contributed by atoms with E-state index in [2.05, 4.69) is 0 Å². The highest BCUT2D eigenvalue weighted by Crippen LogP contribution is 2.25. The molecule has 0 saturated carbocycles. The van der Waals surface area contributed by atoms with E-state index in [9.17, 15) is 4.79 Å². The van der Waals surface area contributed by atoms with Crippen LogP contribution in [0.5, 0.6) is 0 Å². The summed E-state index contributed by atoms with van der Waals surface area (Å²) in [5.41, 5.74) is 0. The Morgan fingerprint density at radius 1 is 1.36 bits per heavy atom. The van der Waals surface area contributed by atoms with Crippen LogP contribution >= 0.6 is 0 Å². The van der Waals surface area contributed by atoms with Crippen molar-refractivity contribution in [2.24, 2.45) is 0 Å². The molecule has 2 aliphatic heterocycles. The quantitative estimate of drug-likeness (QED) is 0.544. The number of hydrogen-bond donors (Lipinski definition) is 1. The van der Waals surface area contributed by atoms with Crippen LogP contribution in [-0.2, 0) is 19.0 Å². The zero-order valence-corrected chi connectivity index (χ0v) is 5.73. The molecule has 0 radical (unpaired) electrons. The van der Waals surface area contributed by atoms with Crippen LogP contribution in [0.25, 0.3) is 0 Å². The van der Waals surface area contributed by atoms with Crippen LogP contribution in [0.15, 0.2) is 0 Å². The first-order chi connectivity index (χ1) is 5.29. The Kier molecular flexibility index (Phi) is 1.56. The summed E-state index contributed by atoms with van der Waals surface area (Å²) >= 11 is 0. The lowest BCUT2D eigenvalue weighted by Crippen LogP contribution is -2.33. The molecule has 5 heteroatoms. The third-order valence-corrected chi connectivity index (χ3v) is 1.89. The molecule has 0 aromatic rings. The predicted octanol–water partition coefficient (Wildman–Crippen LogP) is -0.789. The Balaban J connectivity index is 2.08. The van der Waals surface area contributed by atoms with Crippen molar-refractivity contribution in [2.75, 3.05) is 13.4 Å². The van der Waals surface area contributed by atoms with Crippen LogP contribution in [0, 0.1) is 0 Å². The van der Waals surface area contributed by atoms with E-state index in [0.29, 0.717) is 6.61 Å². The van der Waals surface area contributed by atoms with Gasteiger partial charge < -0.3 is 19.3 Å². The Bertz CT molecular complexity index is 180. The van der Waals surface area contributed by atoms with Gasteiger partial charge in [0.25, 0.3) is 0 Å². The average molecular weight is 160 g/mol. The second kappa shape index (κ2) is 2.44. The van der Waals surface area contributed by atoms with Gasteiger partial charge in [0.1, 0.15) is 19.0 Å². The number of carboxylic acid groups (broad SMARTS) is 1. The fraction of sp³-hybridized carbons (Fsp3) is 0.833. The molecule has 2 saturated heterocycles. The first kappa shape index (κ1) is 7.02. The molecule has 5 nitrogen and oxygen atoms in total. The maximum absolute atomic E-state index is 10.5. The maximum Gasteiger partial charge on any atom is 0.335 e. The van der Waals surface area contributed by atoms with Crippen LogP contribution in [0.1, 0.15) is 0 Å². The molecule has 0 bridgehead atoms. The van der Waals surface area contributed by atoms with Gasteiger partial charge >= 0.3 is 5.97 Å². The van der Waals surface area contributed by atoms with E-state index >= 15 is 0 Å². The number of hydrogen-bond acceptors (Lipinski definition) is 4. The maximum atomic E-state index is 10.5. The molecule has 2 heterocycles. The molecular weight excluding hydrogens is 152 g/mol. The summed E-state index contributed by atoms with van der Waals surface area (Å²) in [6.45, 7) is 0.504. The van der Waals surface area contributed by atoms with Gasteiger partial charge in [-0.05, 0) is 0 Å². The molecule has 0 spiro atoms. The minimum Gasteiger partial charge on any atom is -0.479 e. The minimum absolute atomic E-state index is 0.183. The second-order valence-electron chi connectivity index (χ2n) is 2.55. The van der Waals surface area contributed by atoms with E-state index in [1.807, 2.05) is 0 Å². The average Bonchev–Trinajstić information content (AvgIpc) is 2.41. The highest BCUT2D eigenvalue weighted by molar-refractivity contribution is 5.73. The number of carbonyl (C=O) groups is 1. The summed E-state index contributed by atoms with van der Waals surface area (Å²) in [6, 6.07) is 0. The number of rotatable bonds is 1. The Hall–Kier alpha value is -0.650. The van der Waals surface area contributed by atoms with Crippen molar-refractivity contribution in [1.29, 1.82) is 0 Å². The third-order valence-electron chi connectivity index (χ3n) is 1.89. The van der Waals surface area contributed by atoms with Crippen molar-refractivity contribution < 1.29 is 24.1 Å². The van der Waals surface area contributed by atoms with E-state index in [-0.39, 0.29) is 12.9 Å². The van der Waals surface area contributed by atoms with Gasteiger partial charge in [0.15, 0.2) is 6.10 Å². The van der Waals surface area contributed by atoms with E-state index in [1.165, 1.54) is 0 Å².